The Morgan fingerprint density at radius 1 is 0.955 bits per heavy atom. The van der Waals surface area contributed by atoms with Gasteiger partial charge in [0, 0.05) is 26.2 Å². The fourth-order valence-corrected chi connectivity index (χ4v) is 2.99. The van der Waals surface area contributed by atoms with E-state index in [1.54, 1.807) is 7.11 Å². The van der Waals surface area contributed by atoms with Crippen LogP contribution in [0.4, 0.5) is 4.39 Å². The maximum absolute atomic E-state index is 13.3. The molecule has 1 atom stereocenters. The highest BCUT2D eigenvalue weighted by Gasteiger charge is 2.23. The van der Waals surface area contributed by atoms with Crippen LogP contribution in [0.25, 0.3) is 0 Å². The Kier molecular flexibility index (Phi) is 4.71. The molecule has 0 radical (unpaired) electrons. The Hall–Kier alpha value is -1.91. The average Bonchev–Trinajstić information content (AvgIpc) is 2.58. The van der Waals surface area contributed by atoms with Crippen molar-refractivity contribution in [1.82, 2.24) is 10.2 Å². The zero-order valence-electron chi connectivity index (χ0n) is 12.8. The van der Waals surface area contributed by atoms with Crippen molar-refractivity contribution in [2.45, 2.75) is 6.04 Å². The number of hydrogen-bond donors (Lipinski definition) is 1. The highest BCUT2D eigenvalue weighted by atomic mass is 19.1. The van der Waals surface area contributed by atoms with Gasteiger partial charge in [0.25, 0.3) is 0 Å². The molecule has 0 aromatic heterocycles. The summed E-state index contributed by atoms with van der Waals surface area (Å²) in [5.41, 5.74) is 2.32. The molecule has 1 saturated heterocycles. The quantitative estimate of drug-likeness (QED) is 0.939. The third-order valence-electron chi connectivity index (χ3n) is 4.13. The Balaban J connectivity index is 1.95. The summed E-state index contributed by atoms with van der Waals surface area (Å²) in [6.07, 6.45) is 0. The van der Waals surface area contributed by atoms with Crippen molar-refractivity contribution >= 4 is 0 Å². The summed E-state index contributed by atoms with van der Waals surface area (Å²) in [6.45, 7) is 3.92. The van der Waals surface area contributed by atoms with Crippen molar-refractivity contribution in [3.8, 4) is 5.75 Å². The minimum atomic E-state index is -0.197. The molecule has 3 nitrogen and oxygen atoms in total. The van der Waals surface area contributed by atoms with Gasteiger partial charge in [-0.25, -0.2) is 4.39 Å². The number of benzene rings is 2. The van der Waals surface area contributed by atoms with E-state index in [1.807, 2.05) is 24.3 Å². The maximum atomic E-state index is 13.3. The summed E-state index contributed by atoms with van der Waals surface area (Å²) in [4.78, 5) is 2.44. The van der Waals surface area contributed by atoms with Crippen molar-refractivity contribution < 1.29 is 9.13 Å². The van der Waals surface area contributed by atoms with Gasteiger partial charge in [0.2, 0.25) is 0 Å². The molecule has 0 bridgehead atoms. The summed E-state index contributed by atoms with van der Waals surface area (Å²) < 4.78 is 18.5. The smallest absolute Gasteiger partial charge is 0.123 e. The Bertz CT molecular complexity index is 591. The number of nitrogens with one attached hydrogen (secondary N) is 1. The third kappa shape index (κ3) is 3.29. The first-order valence-corrected chi connectivity index (χ1v) is 7.62. The lowest BCUT2D eigenvalue weighted by Gasteiger charge is -2.35. The maximum Gasteiger partial charge on any atom is 0.123 e. The first-order chi connectivity index (χ1) is 10.8. The van der Waals surface area contributed by atoms with Gasteiger partial charge >= 0.3 is 0 Å². The first kappa shape index (κ1) is 15.0. The van der Waals surface area contributed by atoms with Crippen LogP contribution < -0.4 is 10.1 Å². The van der Waals surface area contributed by atoms with Crippen LogP contribution in [-0.2, 0) is 0 Å². The molecule has 1 N–H and O–H groups in total. The lowest BCUT2D eigenvalue weighted by Crippen LogP contribution is -2.45. The molecule has 1 aliphatic rings. The van der Waals surface area contributed by atoms with Gasteiger partial charge in [-0.3, -0.25) is 4.90 Å². The van der Waals surface area contributed by atoms with E-state index in [1.165, 1.54) is 17.7 Å². The monoisotopic (exact) mass is 300 g/mol. The van der Waals surface area contributed by atoms with E-state index in [4.69, 9.17) is 4.74 Å². The second-order valence-corrected chi connectivity index (χ2v) is 5.51. The molecule has 1 unspecified atom stereocenters. The molecule has 0 aliphatic carbocycles. The van der Waals surface area contributed by atoms with Gasteiger partial charge in [-0.2, -0.15) is 0 Å². The molecular formula is C18H21FN2O. The summed E-state index contributed by atoms with van der Waals surface area (Å²) in [7, 11) is 1.67. The van der Waals surface area contributed by atoms with Crippen LogP contribution in [-0.4, -0.2) is 38.2 Å². The molecule has 1 fully saturated rings. The van der Waals surface area contributed by atoms with Gasteiger partial charge in [0.05, 0.1) is 13.2 Å². The van der Waals surface area contributed by atoms with Crippen LogP contribution in [0.2, 0.25) is 0 Å². The van der Waals surface area contributed by atoms with Crippen molar-refractivity contribution in [3.63, 3.8) is 0 Å². The highest BCUT2D eigenvalue weighted by Crippen LogP contribution is 2.30. The molecule has 1 aliphatic heterocycles. The van der Waals surface area contributed by atoms with E-state index in [2.05, 4.69) is 22.3 Å². The number of methoxy groups -OCH3 is 1. The fraction of sp³-hybridized carbons (Fsp3) is 0.333. The minimum Gasteiger partial charge on any atom is -0.497 e. The summed E-state index contributed by atoms with van der Waals surface area (Å²) >= 11 is 0. The molecular weight excluding hydrogens is 279 g/mol. The standard InChI is InChI=1S/C18H21FN2O/c1-22-17-8-4-15(5-9-17)18(21-12-10-20-11-13-21)14-2-6-16(19)7-3-14/h2-9,18,20H,10-13H2,1H3. The number of hydrogen-bond acceptors (Lipinski definition) is 3. The summed E-state index contributed by atoms with van der Waals surface area (Å²) in [6, 6.07) is 15.1. The Morgan fingerprint density at radius 2 is 1.50 bits per heavy atom. The van der Waals surface area contributed by atoms with E-state index < -0.39 is 0 Å². The van der Waals surface area contributed by atoms with Crippen LogP contribution >= 0.6 is 0 Å². The molecule has 0 spiro atoms. The van der Waals surface area contributed by atoms with Gasteiger partial charge < -0.3 is 10.1 Å². The molecule has 4 heteroatoms. The fourth-order valence-electron chi connectivity index (χ4n) is 2.99. The highest BCUT2D eigenvalue weighted by molar-refractivity contribution is 5.36. The minimum absolute atomic E-state index is 0.147. The normalized spacial score (nSPS) is 17.2. The largest absolute Gasteiger partial charge is 0.497 e. The Morgan fingerprint density at radius 3 is 2.05 bits per heavy atom. The first-order valence-electron chi connectivity index (χ1n) is 7.62. The topological polar surface area (TPSA) is 24.5 Å². The number of piperazine rings is 1. The average molecular weight is 300 g/mol. The van der Waals surface area contributed by atoms with Crippen LogP contribution in [0.15, 0.2) is 48.5 Å². The number of ether oxygens (including phenoxy) is 1. The third-order valence-corrected chi connectivity index (χ3v) is 4.13. The van der Waals surface area contributed by atoms with Crippen LogP contribution in [0.3, 0.4) is 0 Å². The van der Waals surface area contributed by atoms with Gasteiger partial charge in [0.1, 0.15) is 11.6 Å². The molecule has 2 aromatic rings. The van der Waals surface area contributed by atoms with E-state index in [0.29, 0.717) is 0 Å². The molecule has 116 valence electrons. The van der Waals surface area contributed by atoms with E-state index >= 15 is 0 Å². The summed E-state index contributed by atoms with van der Waals surface area (Å²) in [5, 5.41) is 3.38. The van der Waals surface area contributed by atoms with E-state index in [-0.39, 0.29) is 11.9 Å². The van der Waals surface area contributed by atoms with Crippen molar-refractivity contribution in [2.24, 2.45) is 0 Å². The molecule has 0 amide bonds. The van der Waals surface area contributed by atoms with Crippen molar-refractivity contribution in [1.29, 1.82) is 0 Å². The number of halogens is 1. The van der Waals surface area contributed by atoms with Gasteiger partial charge in [0.15, 0.2) is 0 Å². The molecule has 3 rings (SSSR count). The van der Waals surface area contributed by atoms with Gasteiger partial charge in [-0.1, -0.05) is 24.3 Å². The van der Waals surface area contributed by atoms with Crippen LogP contribution in [0.1, 0.15) is 17.2 Å². The van der Waals surface area contributed by atoms with E-state index in [0.717, 1.165) is 37.5 Å². The van der Waals surface area contributed by atoms with Crippen molar-refractivity contribution in [3.05, 3.63) is 65.5 Å². The molecule has 22 heavy (non-hydrogen) atoms. The SMILES string of the molecule is COc1ccc(C(c2ccc(F)cc2)N2CCNCC2)cc1. The Labute approximate surface area is 130 Å². The second-order valence-electron chi connectivity index (χ2n) is 5.51. The molecule has 1 heterocycles. The number of rotatable bonds is 4. The van der Waals surface area contributed by atoms with E-state index in [9.17, 15) is 4.39 Å². The second kappa shape index (κ2) is 6.90. The van der Waals surface area contributed by atoms with Gasteiger partial charge in [-0.15, -0.1) is 0 Å². The van der Waals surface area contributed by atoms with Crippen LogP contribution in [0.5, 0.6) is 5.75 Å². The molecule has 2 aromatic carbocycles. The predicted molar refractivity (Wildman–Crippen MR) is 85.7 cm³/mol. The zero-order valence-corrected chi connectivity index (χ0v) is 12.8. The predicted octanol–water partition coefficient (Wildman–Crippen LogP) is 2.83. The zero-order chi connectivity index (χ0) is 15.4. The lowest BCUT2D eigenvalue weighted by molar-refractivity contribution is 0.198. The molecule has 0 saturated carbocycles. The van der Waals surface area contributed by atoms with Crippen molar-refractivity contribution in [2.75, 3.05) is 33.3 Å². The van der Waals surface area contributed by atoms with Crippen LogP contribution in [0, 0.1) is 5.82 Å². The van der Waals surface area contributed by atoms with Gasteiger partial charge in [-0.05, 0) is 35.4 Å². The lowest BCUT2D eigenvalue weighted by atomic mass is 9.96. The number of nitrogens with zero attached hydrogens (tertiary/aromatic N) is 1. The summed E-state index contributed by atoms with van der Waals surface area (Å²) in [5.74, 6) is 0.652.